The van der Waals surface area contributed by atoms with Crippen molar-refractivity contribution in [3.05, 3.63) is 35.4 Å². The standard InChI is InChI=1S/C26H40N4O2/c1-27(2)12-6-14-29(26(32)20-30-13-5-9-25(30)31)19-21-10-15-28(16-11-21)24-17-22-7-3-4-8-23(22)18-24/h3-4,7-8,21,24H,5-6,9-20H2,1-2H3. The first-order chi connectivity index (χ1) is 15.5. The Labute approximate surface area is 193 Å². The first kappa shape index (κ1) is 23.2. The average Bonchev–Trinajstić information content (AvgIpc) is 3.39. The molecule has 0 aromatic heterocycles. The lowest BCUT2D eigenvalue weighted by Gasteiger charge is -2.38. The van der Waals surface area contributed by atoms with Gasteiger partial charge in [0, 0.05) is 32.1 Å². The second-order valence-electron chi connectivity index (χ2n) is 10.2. The van der Waals surface area contributed by atoms with Gasteiger partial charge in [-0.1, -0.05) is 24.3 Å². The zero-order chi connectivity index (χ0) is 22.5. The van der Waals surface area contributed by atoms with E-state index in [1.54, 1.807) is 4.90 Å². The Kier molecular flexibility index (Phi) is 7.84. The molecular formula is C26H40N4O2. The van der Waals surface area contributed by atoms with Crippen LogP contribution in [0.15, 0.2) is 24.3 Å². The lowest BCUT2D eigenvalue weighted by molar-refractivity contribution is -0.139. The average molecular weight is 441 g/mol. The molecule has 1 aliphatic carbocycles. The summed E-state index contributed by atoms with van der Waals surface area (Å²) in [5, 5.41) is 0. The molecule has 6 heteroatoms. The van der Waals surface area contributed by atoms with Crippen LogP contribution in [-0.2, 0) is 22.4 Å². The summed E-state index contributed by atoms with van der Waals surface area (Å²) in [7, 11) is 4.15. The van der Waals surface area contributed by atoms with Gasteiger partial charge in [0.15, 0.2) is 0 Å². The van der Waals surface area contributed by atoms with Gasteiger partial charge in [0.25, 0.3) is 0 Å². The third kappa shape index (κ3) is 5.90. The molecule has 1 aromatic carbocycles. The van der Waals surface area contributed by atoms with Crippen LogP contribution in [0.5, 0.6) is 0 Å². The molecule has 32 heavy (non-hydrogen) atoms. The van der Waals surface area contributed by atoms with Crippen molar-refractivity contribution in [2.75, 3.05) is 59.9 Å². The van der Waals surface area contributed by atoms with E-state index in [2.05, 4.69) is 53.1 Å². The predicted molar refractivity (Wildman–Crippen MR) is 128 cm³/mol. The number of piperidine rings is 1. The highest BCUT2D eigenvalue weighted by Gasteiger charge is 2.31. The van der Waals surface area contributed by atoms with Crippen LogP contribution in [0.25, 0.3) is 0 Å². The maximum Gasteiger partial charge on any atom is 0.242 e. The van der Waals surface area contributed by atoms with Crippen molar-refractivity contribution in [3.63, 3.8) is 0 Å². The molecule has 176 valence electrons. The smallest absolute Gasteiger partial charge is 0.242 e. The van der Waals surface area contributed by atoms with E-state index in [-0.39, 0.29) is 18.4 Å². The molecule has 0 bridgehead atoms. The SMILES string of the molecule is CN(C)CCCN(CC1CCN(C2Cc3ccccc3C2)CC1)C(=O)CN1CCCC1=O. The van der Waals surface area contributed by atoms with Crippen molar-refractivity contribution in [1.29, 1.82) is 0 Å². The summed E-state index contributed by atoms with van der Waals surface area (Å²) >= 11 is 0. The van der Waals surface area contributed by atoms with Gasteiger partial charge in [0.2, 0.25) is 11.8 Å². The highest BCUT2D eigenvalue weighted by atomic mass is 16.2. The summed E-state index contributed by atoms with van der Waals surface area (Å²) in [5.74, 6) is 0.831. The van der Waals surface area contributed by atoms with E-state index >= 15 is 0 Å². The van der Waals surface area contributed by atoms with Crippen LogP contribution in [0.4, 0.5) is 0 Å². The summed E-state index contributed by atoms with van der Waals surface area (Å²) in [5.41, 5.74) is 3.04. The molecule has 3 aliphatic rings. The fourth-order valence-electron chi connectivity index (χ4n) is 5.64. The fraction of sp³-hybridized carbons (Fsp3) is 0.692. The predicted octanol–water partition coefficient (Wildman–Crippen LogP) is 2.27. The molecule has 2 amide bonds. The van der Waals surface area contributed by atoms with Crippen molar-refractivity contribution in [2.24, 2.45) is 5.92 Å². The highest BCUT2D eigenvalue weighted by Crippen LogP contribution is 2.29. The molecule has 1 aromatic rings. The van der Waals surface area contributed by atoms with E-state index in [9.17, 15) is 9.59 Å². The Hall–Kier alpha value is -1.92. The van der Waals surface area contributed by atoms with Gasteiger partial charge >= 0.3 is 0 Å². The molecule has 2 fully saturated rings. The molecule has 6 nitrogen and oxygen atoms in total. The molecule has 0 atom stereocenters. The van der Waals surface area contributed by atoms with Gasteiger partial charge in [-0.05, 0) is 89.3 Å². The van der Waals surface area contributed by atoms with E-state index in [4.69, 9.17) is 0 Å². The van der Waals surface area contributed by atoms with E-state index < -0.39 is 0 Å². The largest absolute Gasteiger partial charge is 0.341 e. The van der Waals surface area contributed by atoms with Gasteiger partial charge < -0.3 is 14.7 Å². The number of hydrogen-bond acceptors (Lipinski definition) is 4. The van der Waals surface area contributed by atoms with Gasteiger partial charge in [-0.15, -0.1) is 0 Å². The summed E-state index contributed by atoms with van der Waals surface area (Å²) in [6.45, 7) is 5.87. The number of amides is 2. The first-order valence-electron chi connectivity index (χ1n) is 12.5. The zero-order valence-electron chi connectivity index (χ0n) is 20.0. The lowest BCUT2D eigenvalue weighted by Crippen LogP contribution is -2.47. The molecule has 2 heterocycles. The Morgan fingerprint density at radius 1 is 1.03 bits per heavy atom. The number of likely N-dealkylation sites (tertiary alicyclic amines) is 2. The Morgan fingerprint density at radius 3 is 2.31 bits per heavy atom. The maximum atomic E-state index is 13.1. The van der Waals surface area contributed by atoms with E-state index in [1.165, 1.54) is 24.0 Å². The van der Waals surface area contributed by atoms with Crippen molar-refractivity contribution >= 4 is 11.8 Å². The molecule has 0 radical (unpaired) electrons. The molecule has 2 aliphatic heterocycles. The van der Waals surface area contributed by atoms with Crippen LogP contribution in [-0.4, -0.2) is 97.4 Å². The number of carbonyl (C=O) groups is 2. The zero-order valence-corrected chi connectivity index (χ0v) is 20.0. The number of fused-ring (bicyclic) bond motifs is 1. The summed E-state index contributed by atoms with van der Waals surface area (Å²) in [6, 6.07) is 9.53. The van der Waals surface area contributed by atoms with Crippen LogP contribution in [0.3, 0.4) is 0 Å². The topological polar surface area (TPSA) is 47.1 Å². The lowest BCUT2D eigenvalue weighted by atomic mass is 9.94. The van der Waals surface area contributed by atoms with Crippen LogP contribution in [0.1, 0.15) is 43.2 Å². The minimum absolute atomic E-state index is 0.132. The third-order valence-electron chi connectivity index (χ3n) is 7.56. The van der Waals surface area contributed by atoms with Crippen LogP contribution < -0.4 is 0 Å². The van der Waals surface area contributed by atoms with Crippen LogP contribution in [0, 0.1) is 5.92 Å². The maximum absolute atomic E-state index is 13.1. The van der Waals surface area contributed by atoms with Gasteiger partial charge in [-0.3, -0.25) is 14.5 Å². The fourth-order valence-corrected chi connectivity index (χ4v) is 5.64. The minimum atomic E-state index is 0.132. The van der Waals surface area contributed by atoms with Gasteiger partial charge in [0.1, 0.15) is 0 Å². The van der Waals surface area contributed by atoms with E-state index in [0.717, 1.165) is 65.0 Å². The van der Waals surface area contributed by atoms with E-state index in [1.807, 2.05) is 0 Å². The Balaban J connectivity index is 1.28. The quantitative estimate of drug-likeness (QED) is 0.591. The molecule has 0 N–H and O–H groups in total. The summed E-state index contributed by atoms with van der Waals surface area (Å²) in [4.78, 5) is 33.8. The molecule has 2 saturated heterocycles. The minimum Gasteiger partial charge on any atom is -0.341 e. The number of rotatable bonds is 9. The molecule has 4 rings (SSSR count). The van der Waals surface area contributed by atoms with Crippen LogP contribution in [0.2, 0.25) is 0 Å². The monoisotopic (exact) mass is 440 g/mol. The van der Waals surface area contributed by atoms with Crippen molar-refractivity contribution in [2.45, 2.75) is 51.0 Å². The van der Waals surface area contributed by atoms with Gasteiger partial charge in [-0.25, -0.2) is 0 Å². The first-order valence-corrected chi connectivity index (χ1v) is 12.5. The second-order valence-corrected chi connectivity index (χ2v) is 10.2. The van der Waals surface area contributed by atoms with Crippen molar-refractivity contribution in [1.82, 2.24) is 19.6 Å². The number of hydrogen-bond donors (Lipinski definition) is 0. The highest BCUT2D eigenvalue weighted by molar-refractivity contribution is 5.85. The van der Waals surface area contributed by atoms with Crippen LogP contribution >= 0.6 is 0 Å². The molecule has 0 spiro atoms. The van der Waals surface area contributed by atoms with Gasteiger partial charge in [-0.2, -0.15) is 0 Å². The second kappa shape index (κ2) is 10.8. The normalized spacial score (nSPS) is 20.3. The third-order valence-corrected chi connectivity index (χ3v) is 7.56. The Morgan fingerprint density at radius 2 is 1.72 bits per heavy atom. The Bertz CT molecular complexity index is 763. The van der Waals surface area contributed by atoms with Gasteiger partial charge in [0.05, 0.1) is 6.54 Å². The number of benzene rings is 1. The molecular weight excluding hydrogens is 400 g/mol. The molecule has 0 unspecified atom stereocenters. The summed E-state index contributed by atoms with van der Waals surface area (Å²) < 4.78 is 0. The molecule has 0 saturated carbocycles. The van der Waals surface area contributed by atoms with Crippen molar-refractivity contribution in [3.8, 4) is 0 Å². The number of nitrogens with zero attached hydrogens (tertiary/aromatic N) is 4. The van der Waals surface area contributed by atoms with E-state index in [0.29, 0.717) is 18.4 Å². The summed E-state index contributed by atoms with van der Waals surface area (Å²) in [6.07, 6.45) is 7.14. The van der Waals surface area contributed by atoms with Crippen molar-refractivity contribution < 1.29 is 9.59 Å². The number of carbonyl (C=O) groups excluding carboxylic acids is 2.